The third kappa shape index (κ3) is 5.57. The van der Waals surface area contributed by atoms with E-state index in [2.05, 4.69) is 41.5 Å². The zero-order valence-electron chi connectivity index (χ0n) is 18.6. The molecule has 0 spiro atoms. The minimum atomic E-state index is -2.91. The van der Waals surface area contributed by atoms with E-state index in [0.717, 1.165) is 68.0 Å². The van der Waals surface area contributed by atoms with E-state index >= 15 is 0 Å². The first-order valence-electron chi connectivity index (χ1n) is 11.1. The van der Waals surface area contributed by atoms with Crippen LogP contribution in [0.25, 0.3) is 11.5 Å². The van der Waals surface area contributed by atoms with Crippen LogP contribution in [0, 0.1) is 0 Å². The van der Waals surface area contributed by atoms with E-state index in [-0.39, 0.29) is 5.75 Å². The van der Waals surface area contributed by atoms with Gasteiger partial charge in [-0.05, 0) is 31.9 Å². The van der Waals surface area contributed by atoms with Crippen molar-refractivity contribution in [3.05, 3.63) is 34.9 Å². The highest BCUT2D eigenvalue weighted by molar-refractivity contribution is 7.90. The highest BCUT2D eigenvalue weighted by Gasteiger charge is 2.27. The molecule has 9 nitrogen and oxygen atoms in total. The number of nitrogens with one attached hydrogen (secondary N) is 1. The van der Waals surface area contributed by atoms with Crippen molar-refractivity contribution in [1.82, 2.24) is 29.6 Å². The molecular formula is C21H31N7O2S2. The fourth-order valence-electron chi connectivity index (χ4n) is 4.12. The van der Waals surface area contributed by atoms with Gasteiger partial charge in [-0.2, -0.15) is 0 Å². The summed E-state index contributed by atoms with van der Waals surface area (Å²) in [7, 11) is -2.91. The van der Waals surface area contributed by atoms with Crippen molar-refractivity contribution in [2.75, 3.05) is 43.1 Å². The quantitative estimate of drug-likeness (QED) is 0.448. The van der Waals surface area contributed by atoms with Gasteiger partial charge in [-0.1, -0.05) is 6.42 Å². The Kier molecular flexibility index (Phi) is 7.27. The standard InChI is InChI=1S/C21H31N7O2S2/c1-17(20-23-9-15-31-20)26-11-13-27(14-12-26)21-25-24-19(18-7-6-8-22-18)28(21)10-4-3-5-16-32(2,29)30/h6-9,15,17,22H,3-5,10-14,16H2,1-2H3. The molecule has 1 saturated heterocycles. The van der Waals surface area contributed by atoms with Crippen LogP contribution in [0.3, 0.4) is 0 Å². The molecule has 0 amide bonds. The van der Waals surface area contributed by atoms with Gasteiger partial charge in [0.25, 0.3) is 0 Å². The topological polar surface area (TPSA) is 100 Å². The van der Waals surface area contributed by atoms with Gasteiger partial charge in [0.15, 0.2) is 5.82 Å². The summed E-state index contributed by atoms with van der Waals surface area (Å²) in [6, 6.07) is 4.28. The summed E-state index contributed by atoms with van der Waals surface area (Å²) in [5.74, 6) is 1.95. The van der Waals surface area contributed by atoms with Crippen LogP contribution in [0.4, 0.5) is 5.95 Å². The molecule has 0 saturated carbocycles. The number of thiazole rings is 1. The molecule has 174 valence electrons. The summed E-state index contributed by atoms with van der Waals surface area (Å²) < 4.78 is 25.0. The number of aromatic nitrogens is 5. The number of rotatable bonds is 10. The van der Waals surface area contributed by atoms with Crippen molar-refractivity contribution in [2.45, 2.75) is 38.8 Å². The van der Waals surface area contributed by atoms with Gasteiger partial charge in [0.05, 0.1) is 11.7 Å². The third-order valence-corrected chi connectivity index (χ3v) is 7.90. The van der Waals surface area contributed by atoms with Crippen LogP contribution in [-0.4, -0.2) is 76.2 Å². The maximum atomic E-state index is 11.4. The lowest BCUT2D eigenvalue weighted by atomic mass is 10.2. The molecular weight excluding hydrogens is 446 g/mol. The summed E-state index contributed by atoms with van der Waals surface area (Å²) in [5.41, 5.74) is 0.941. The average Bonchev–Trinajstić information content (AvgIpc) is 3.54. The van der Waals surface area contributed by atoms with Crippen molar-refractivity contribution in [1.29, 1.82) is 0 Å². The van der Waals surface area contributed by atoms with E-state index in [4.69, 9.17) is 0 Å². The average molecular weight is 478 g/mol. The van der Waals surface area contributed by atoms with Gasteiger partial charge in [0.1, 0.15) is 14.8 Å². The summed E-state index contributed by atoms with van der Waals surface area (Å²) in [5, 5.41) is 12.2. The fraction of sp³-hybridized carbons (Fsp3) is 0.571. The minimum Gasteiger partial charge on any atom is -0.359 e. The van der Waals surface area contributed by atoms with Gasteiger partial charge >= 0.3 is 0 Å². The lowest BCUT2D eigenvalue weighted by molar-refractivity contribution is 0.197. The molecule has 1 unspecified atom stereocenters. The number of aromatic amines is 1. The third-order valence-electron chi connectivity index (χ3n) is 5.92. The summed E-state index contributed by atoms with van der Waals surface area (Å²) in [6.07, 6.45) is 7.47. The molecule has 1 fully saturated rings. The van der Waals surface area contributed by atoms with Gasteiger partial charge in [0.2, 0.25) is 5.95 Å². The molecule has 0 aromatic carbocycles. The summed E-state index contributed by atoms with van der Waals surface area (Å²) >= 11 is 1.71. The molecule has 1 aliphatic rings. The van der Waals surface area contributed by atoms with Gasteiger partial charge in [-0.3, -0.25) is 9.47 Å². The van der Waals surface area contributed by atoms with E-state index in [9.17, 15) is 8.42 Å². The van der Waals surface area contributed by atoms with E-state index in [1.54, 1.807) is 11.3 Å². The number of H-pyrrole nitrogens is 1. The lowest BCUT2D eigenvalue weighted by Gasteiger charge is -2.37. The molecule has 11 heteroatoms. The Hall–Kier alpha value is -2.24. The van der Waals surface area contributed by atoms with Crippen molar-refractivity contribution >= 4 is 27.1 Å². The van der Waals surface area contributed by atoms with Gasteiger partial charge in [-0.25, -0.2) is 13.4 Å². The van der Waals surface area contributed by atoms with Crippen molar-refractivity contribution < 1.29 is 8.42 Å². The Morgan fingerprint density at radius 3 is 2.62 bits per heavy atom. The molecule has 32 heavy (non-hydrogen) atoms. The van der Waals surface area contributed by atoms with Crippen LogP contribution in [0.15, 0.2) is 29.9 Å². The van der Waals surface area contributed by atoms with Crippen LogP contribution in [0.2, 0.25) is 0 Å². The number of unbranched alkanes of at least 4 members (excludes halogenated alkanes) is 2. The number of hydrogen-bond donors (Lipinski definition) is 1. The normalized spacial score (nSPS) is 16.5. The smallest absolute Gasteiger partial charge is 0.227 e. The van der Waals surface area contributed by atoms with E-state index in [0.29, 0.717) is 12.5 Å². The second-order valence-electron chi connectivity index (χ2n) is 8.32. The van der Waals surface area contributed by atoms with Crippen molar-refractivity contribution in [3.8, 4) is 11.5 Å². The Morgan fingerprint density at radius 1 is 1.16 bits per heavy atom. The molecule has 0 aliphatic carbocycles. The first-order valence-corrected chi connectivity index (χ1v) is 14.0. The Labute approximate surface area is 193 Å². The van der Waals surface area contributed by atoms with Crippen LogP contribution in [0.1, 0.15) is 37.2 Å². The molecule has 1 aliphatic heterocycles. The molecule has 0 radical (unpaired) electrons. The van der Waals surface area contributed by atoms with Gasteiger partial charge < -0.3 is 9.88 Å². The number of hydrogen-bond acceptors (Lipinski definition) is 8. The highest BCUT2D eigenvalue weighted by atomic mass is 32.2. The number of anilines is 1. The van der Waals surface area contributed by atoms with Crippen LogP contribution in [-0.2, 0) is 16.4 Å². The number of nitrogens with zero attached hydrogens (tertiary/aromatic N) is 6. The maximum absolute atomic E-state index is 11.4. The van der Waals surface area contributed by atoms with Crippen LogP contribution in [0.5, 0.6) is 0 Å². The van der Waals surface area contributed by atoms with Gasteiger partial charge in [0, 0.05) is 62.5 Å². The highest BCUT2D eigenvalue weighted by Crippen LogP contribution is 2.27. The first kappa shape index (κ1) is 22.9. The summed E-state index contributed by atoms with van der Waals surface area (Å²) in [6.45, 7) is 6.63. The van der Waals surface area contributed by atoms with Gasteiger partial charge in [-0.15, -0.1) is 21.5 Å². The second-order valence-corrected chi connectivity index (χ2v) is 11.5. The number of piperazine rings is 1. The fourth-order valence-corrected chi connectivity index (χ4v) is 5.58. The van der Waals surface area contributed by atoms with Crippen LogP contribution < -0.4 is 4.90 Å². The molecule has 1 atom stereocenters. The predicted molar refractivity (Wildman–Crippen MR) is 128 cm³/mol. The SMILES string of the molecule is CC(c1nccs1)N1CCN(c2nnc(-c3ccc[nH]3)n2CCCCCS(C)(=O)=O)CC1. The first-order chi connectivity index (χ1) is 15.4. The van der Waals surface area contributed by atoms with Crippen molar-refractivity contribution in [2.24, 2.45) is 0 Å². The van der Waals surface area contributed by atoms with E-state index in [1.807, 2.05) is 29.9 Å². The Bertz CT molecular complexity index is 1070. The van der Waals surface area contributed by atoms with E-state index in [1.165, 1.54) is 6.26 Å². The zero-order valence-corrected chi connectivity index (χ0v) is 20.3. The van der Waals surface area contributed by atoms with Crippen molar-refractivity contribution in [3.63, 3.8) is 0 Å². The Morgan fingerprint density at radius 2 is 1.97 bits per heavy atom. The predicted octanol–water partition coefficient (Wildman–Crippen LogP) is 2.83. The lowest BCUT2D eigenvalue weighted by Crippen LogP contribution is -2.48. The molecule has 0 bridgehead atoms. The largest absolute Gasteiger partial charge is 0.359 e. The molecule has 4 heterocycles. The monoisotopic (exact) mass is 477 g/mol. The molecule has 4 rings (SSSR count). The number of sulfone groups is 1. The maximum Gasteiger partial charge on any atom is 0.227 e. The van der Waals surface area contributed by atoms with Crippen LogP contribution >= 0.6 is 11.3 Å². The minimum absolute atomic E-state index is 0.241. The van der Waals surface area contributed by atoms with E-state index < -0.39 is 9.84 Å². The molecule has 1 N–H and O–H groups in total. The molecule has 3 aromatic rings. The molecule has 3 aromatic heterocycles. The zero-order chi connectivity index (χ0) is 22.6. The Balaban J connectivity index is 1.43. The second kappa shape index (κ2) is 10.1. The summed E-state index contributed by atoms with van der Waals surface area (Å²) in [4.78, 5) is 12.5.